The van der Waals surface area contributed by atoms with Gasteiger partial charge in [-0.1, -0.05) is 19.1 Å². The van der Waals surface area contributed by atoms with Gasteiger partial charge in [0, 0.05) is 18.5 Å². The van der Waals surface area contributed by atoms with Crippen molar-refractivity contribution in [2.45, 2.75) is 32.7 Å². The second-order valence-electron chi connectivity index (χ2n) is 5.56. The molecule has 3 rings (SSSR count). The van der Waals surface area contributed by atoms with Gasteiger partial charge in [0.15, 0.2) is 5.82 Å². The van der Waals surface area contributed by atoms with Crippen LogP contribution < -0.4 is 10.5 Å². The third-order valence-electron chi connectivity index (χ3n) is 3.96. The Morgan fingerprint density at radius 1 is 1.38 bits per heavy atom. The summed E-state index contributed by atoms with van der Waals surface area (Å²) in [6, 6.07) is 8.09. The Morgan fingerprint density at radius 3 is 3.10 bits per heavy atom. The third-order valence-corrected chi connectivity index (χ3v) is 3.96. The average Bonchev–Trinajstić information content (AvgIpc) is 2.96. The summed E-state index contributed by atoms with van der Waals surface area (Å²) in [7, 11) is 0. The number of ether oxygens (including phenoxy) is 1. The zero-order valence-electron chi connectivity index (χ0n) is 12.5. The molecule has 5 heteroatoms. The summed E-state index contributed by atoms with van der Waals surface area (Å²) < 4.78 is 7.91. The monoisotopic (exact) mass is 286 g/mol. The molecule has 1 aliphatic rings. The highest BCUT2D eigenvalue weighted by Crippen LogP contribution is 2.27. The van der Waals surface area contributed by atoms with Gasteiger partial charge in [0.2, 0.25) is 0 Å². The maximum absolute atomic E-state index is 5.77. The van der Waals surface area contributed by atoms with E-state index in [1.807, 2.05) is 18.2 Å². The fourth-order valence-electron chi connectivity index (χ4n) is 2.75. The number of rotatable bonds is 5. The highest BCUT2D eigenvalue weighted by Gasteiger charge is 2.22. The van der Waals surface area contributed by atoms with Gasteiger partial charge >= 0.3 is 0 Å². The summed E-state index contributed by atoms with van der Waals surface area (Å²) in [4.78, 5) is 0. The fraction of sp³-hybridized carbons (Fsp3) is 0.500. The lowest BCUT2D eigenvalue weighted by Crippen LogP contribution is -2.25. The van der Waals surface area contributed by atoms with Crippen molar-refractivity contribution in [2.75, 3.05) is 13.2 Å². The van der Waals surface area contributed by atoms with E-state index in [1.54, 1.807) is 0 Å². The quantitative estimate of drug-likeness (QED) is 0.915. The van der Waals surface area contributed by atoms with E-state index in [4.69, 9.17) is 10.5 Å². The molecule has 2 aromatic rings. The Bertz CT molecular complexity index is 608. The molecule has 5 nitrogen and oxygen atoms in total. The van der Waals surface area contributed by atoms with Crippen molar-refractivity contribution < 1.29 is 4.74 Å². The van der Waals surface area contributed by atoms with E-state index in [2.05, 4.69) is 27.8 Å². The van der Waals surface area contributed by atoms with E-state index in [1.165, 1.54) is 0 Å². The van der Waals surface area contributed by atoms with E-state index in [0.717, 1.165) is 61.9 Å². The van der Waals surface area contributed by atoms with Crippen molar-refractivity contribution in [1.82, 2.24) is 14.8 Å². The van der Waals surface area contributed by atoms with Crippen molar-refractivity contribution in [2.24, 2.45) is 11.7 Å². The first-order chi connectivity index (χ1) is 10.3. The van der Waals surface area contributed by atoms with E-state index < -0.39 is 0 Å². The van der Waals surface area contributed by atoms with E-state index in [-0.39, 0.29) is 0 Å². The van der Waals surface area contributed by atoms with Crippen molar-refractivity contribution in [3.05, 3.63) is 30.1 Å². The average molecular weight is 286 g/mol. The highest BCUT2D eigenvalue weighted by molar-refractivity contribution is 5.58. The van der Waals surface area contributed by atoms with Crippen LogP contribution in [-0.4, -0.2) is 27.9 Å². The number of nitrogens with zero attached hydrogens (tertiary/aromatic N) is 3. The zero-order chi connectivity index (χ0) is 14.7. The van der Waals surface area contributed by atoms with Crippen molar-refractivity contribution in [3.8, 4) is 17.1 Å². The van der Waals surface area contributed by atoms with Crippen molar-refractivity contribution >= 4 is 0 Å². The van der Waals surface area contributed by atoms with Gasteiger partial charge in [-0.2, -0.15) is 0 Å². The lowest BCUT2D eigenvalue weighted by Gasteiger charge is -2.22. The molecule has 0 saturated heterocycles. The summed E-state index contributed by atoms with van der Waals surface area (Å²) >= 11 is 0. The van der Waals surface area contributed by atoms with Gasteiger partial charge in [0.1, 0.15) is 11.6 Å². The molecule has 0 saturated carbocycles. The summed E-state index contributed by atoms with van der Waals surface area (Å²) in [6.07, 6.45) is 3.03. The van der Waals surface area contributed by atoms with Gasteiger partial charge in [0.25, 0.3) is 0 Å². The Hall–Kier alpha value is -1.88. The zero-order valence-corrected chi connectivity index (χ0v) is 12.5. The lowest BCUT2D eigenvalue weighted by molar-refractivity contribution is 0.317. The molecule has 21 heavy (non-hydrogen) atoms. The van der Waals surface area contributed by atoms with E-state index >= 15 is 0 Å². The topological polar surface area (TPSA) is 66.0 Å². The van der Waals surface area contributed by atoms with Crippen LogP contribution in [-0.2, 0) is 13.0 Å². The van der Waals surface area contributed by atoms with Crippen LogP contribution in [0.4, 0.5) is 0 Å². The van der Waals surface area contributed by atoms with Crippen molar-refractivity contribution in [3.63, 3.8) is 0 Å². The Morgan fingerprint density at radius 2 is 2.29 bits per heavy atom. The van der Waals surface area contributed by atoms with E-state index in [9.17, 15) is 0 Å². The molecular weight excluding hydrogens is 264 g/mol. The van der Waals surface area contributed by atoms with Crippen LogP contribution in [0.1, 0.15) is 25.6 Å². The molecule has 112 valence electrons. The molecular formula is C16H22N4O. The minimum absolute atomic E-state index is 0.536. The molecule has 0 spiro atoms. The van der Waals surface area contributed by atoms with Crippen LogP contribution in [0.3, 0.4) is 0 Å². The highest BCUT2D eigenvalue weighted by atomic mass is 16.5. The van der Waals surface area contributed by atoms with Crippen LogP contribution in [0.15, 0.2) is 24.3 Å². The van der Waals surface area contributed by atoms with Crippen LogP contribution >= 0.6 is 0 Å². The van der Waals surface area contributed by atoms with Crippen molar-refractivity contribution in [1.29, 1.82) is 0 Å². The summed E-state index contributed by atoms with van der Waals surface area (Å²) in [5.74, 6) is 3.41. The number of aromatic nitrogens is 3. The predicted molar refractivity (Wildman–Crippen MR) is 82.1 cm³/mol. The largest absolute Gasteiger partial charge is 0.494 e. The molecule has 1 unspecified atom stereocenters. The third kappa shape index (κ3) is 2.93. The Balaban J connectivity index is 1.86. The van der Waals surface area contributed by atoms with Gasteiger partial charge in [-0.3, -0.25) is 0 Å². The molecule has 1 aromatic carbocycles. The van der Waals surface area contributed by atoms with Gasteiger partial charge < -0.3 is 15.0 Å². The minimum Gasteiger partial charge on any atom is -0.494 e. The number of hydrogen-bond donors (Lipinski definition) is 1. The van der Waals surface area contributed by atoms with Gasteiger partial charge in [-0.05, 0) is 37.4 Å². The molecule has 2 N–H and O–H groups in total. The second kappa shape index (κ2) is 6.26. The minimum atomic E-state index is 0.536. The molecule has 0 fully saturated rings. The summed E-state index contributed by atoms with van der Waals surface area (Å²) in [6.45, 7) is 4.51. The van der Waals surface area contributed by atoms with Crippen LogP contribution in [0.25, 0.3) is 11.4 Å². The molecule has 1 atom stereocenters. The first kappa shape index (κ1) is 14.1. The summed E-state index contributed by atoms with van der Waals surface area (Å²) in [5.41, 5.74) is 6.83. The number of fused-ring (bicyclic) bond motifs is 1. The Labute approximate surface area is 125 Å². The van der Waals surface area contributed by atoms with Crippen LogP contribution in [0.5, 0.6) is 5.75 Å². The van der Waals surface area contributed by atoms with Crippen LogP contribution in [0, 0.1) is 5.92 Å². The van der Waals surface area contributed by atoms with Gasteiger partial charge in [0.05, 0.1) is 6.61 Å². The number of benzene rings is 1. The predicted octanol–water partition coefficient (Wildman–Crippen LogP) is 2.25. The normalized spacial score (nSPS) is 17.5. The van der Waals surface area contributed by atoms with Gasteiger partial charge in [-0.25, -0.2) is 0 Å². The van der Waals surface area contributed by atoms with Gasteiger partial charge in [-0.15, -0.1) is 10.2 Å². The first-order valence-electron chi connectivity index (χ1n) is 7.67. The SMILES string of the molecule is CCCOc1cccc(-c2nnc3n2CCC(CN)C3)c1. The summed E-state index contributed by atoms with van der Waals surface area (Å²) in [5, 5.41) is 8.71. The molecule has 2 heterocycles. The molecule has 0 aliphatic carbocycles. The second-order valence-corrected chi connectivity index (χ2v) is 5.56. The smallest absolute Gasteiger partial charge is 0.164 e. The molecule has 1 aliphatic heterocycles. The standard InChI is InChI=1S/C16H22N4O/c1-2-8-21-14-5-3-4-13(10-14)16-19-18-15-9-12(11-17)6-7-20(15)16/h3-5,10,12H,2,6-9,11,17H2,1H3. The van der Waals surface area contributed by atoms with Crippen LogP contribution in [0.2, 0.25) is 0 Å². The van der Waals surface area contributed by atoms with E-state index in [0.29, 0.717) is 5.92 Å². The number of hydrogen-bond acceptors (Lipinski definition) is 4. The molecule has 0 bridgehead atoms. The maximum atomic E-state index is 5.77. The number of nitrogens with two attached hydrogens (primary N) is 1. The lowest BCUT2D eigenvalue weighted by atomic mass is 9.98. The first-order valence-corrected chi connectivity index (χ1v) is 7.67. The molecule has 1 aromatic heterocycles. The molecule has 0 amide bonds. The fourth-order valence-corrected chi connectivity index (χ4v) is 2.75. The molecule has 0 radical (unpaired) electrons. The maximum Gasteiger partial charge on any atom is 0.164 e. The Kier molecular flexibility index (Phi) is 4.20.